The van der Waals surface area contributed by atoms with Gasteiger partial charge in [-0.3, -0.25) is 4.98 Å². The molecule has 2 heterocycles. The van der Waals surface area contributed by atoms with E-state index in [1.165, 1.54) is 5.56 Å². The number of nitrogens with two attached hydrogens (primary N) is 1. The van der Waals surface area contributed by atoms with Gasteiger partial charge in [-0.05, 0) is 42.3 Å². The third-order valence-corrected chi connectivity index (χ3v) is 3.02. The summed E-state index contributed by atoms with van der Waals surface area (Å²) in [5, 5.41) is 0. The molecule has 1 aromatic carbocycles. The molecule has 0 aliphatic heterocycles. The second kappa shape index (κ2) is 4.14. The predicted molar refractivity (Wildman–Crippen MR) is 72.2 cm³/mol. The Morgan fingerprint density at radius 3 is 2.72 bits per heavy atom. The van der Waals surface area contributed by atoms with Gasteiger partial charge in [0.1, 0.15) is 0 Å². The van der Waals surface area contributed by atoms with Crippen LogP contribution in [0.5, 0.6) is 0 Å². The number of rotatable bonds is 2. The van der Waals surface area contributed by atoms with E-state index in [-0.39, 0.29) is 0 Å². The van der Waals surface area contributed by atoms with Crippen LogP contribution in [0.15, 0.2) is 42.7 Å². The van der Waals surface area contributed by atoms with Crippen molar-refractivity contribution in [3.8, 4) is 0 Å². The van der Waals surface area contributed by atoms with Crippen LogP contribution in [0.2, 0.25) is 0 Å². The van der Waals surface area contributed by atoms with Gasteiger partial charge in [-0.1, -0.05) is 6.07 Å². The fourth-order valence-corrected chi connectivity index (χ4v) is 2.10. The van der Waals surface area contributed by atoms with Crippen LogP contribution in [-0.4, -0.2) is 14.5 Å². The molecule has 0 radical (unpaired) electrons. The van der Waals surface area contributed by atoms with E-state index < -0.39 is 0 Å². The van der Waals surface area contributed by atoms with Crippen molar-refractivity contribution in [2.45, 2.75) is 13.5 Å². The standard InChI is InChI=1S/C14H14N4/c1-10-2-3-13-12(8-10)17-14(15)18(13)9-11-4-6-16-7-5-11/h2-8H,9H2,1H3,(H2,15,17). The Kier molecular flexibility index (Phi) is 2.48. The smallest absolute Gasteiger partial charge is 0.201 e. The molecule has 4 nitrogen and oxygen atoms in total. The van der Waals surface area contributed by atoms with Crippen molar-refractivity contribution in [2.24, 2.45) is 0 Å². The minimum Gasteiger partial charge on any atom is -0.369 e. The van der Waals surface area contributed by atoms with E-state index in [1.54, 1.807) is 12.4 Å². The summed E-state index contributed by atoms with van der Waals surface area (Å²) in [6, 6.07) is 10.2. The molecular weight excluding hydrogens is 224 g/mol. The first-order valence-electron chi connectivity index (χ1n) is 5.85. The highest BCUT2D eigenvalue weighted by Gasteiger charge is 2.08. The average molecular weight is 238 g/mol. The monoisotopic (exact) mass is 238 g/mol. The largest absolute Gasteiger partial charge is 0.369 e. The van der Waals surface area contributed by atoms with Gasteiger partial charge in [-0.25, -0.2) is 4.98 Å². The van der Waals surface area contributed by atoms with E-state index >= 15 is 0 Å². The molecule has 0 aliphatic carbocycles. The van der Waals surface area contributed by atoms with Crippen LogP contribution < -0.4 is 5.73 Å². The van der Waals surface area contributed by atoms with Crippen molar-refractivity contribution in [2.75, 3.05) is 5.73 Å². The Bertz CT molecular complexity index is 686. The third-order valence-electron chi connectivity index (χ3n) is 3.02. The fourth-order valence-electron chi connectivity index (χ4n) is 2.10. The van der Waals surface area contributed by atoms with Crippen molar-refractivity contribution in [3.63, 3.8) is 0 Å². The van der Waals surface area contributed by atoms with Crippen LogP contribution in [0.4, 0.5) is 5.95 Å². The second-order valence-corrected chi connectivity index (χ2v) is 4.40. The van der Waals surface area contributed by atoms with Gasteiger partial charge in [0.15, 0.2) is 0 Å². The molecule has 0 amide bonds. The number of hydrogen-bond acceptors (Lipinski definition) is 3. The molecule has 3 aromatic rings. The summed E-state index contributed by atoms with van der Waals surface area (Å²) in [4.78, 5) is 8.41. The molecule has 0 aliphatic rings. The molecule has 3 rings (SSSR count). The fraction of sp³-hybridized carbons (Fsp3) is 0.143. The predicted octanol–water partition coefficient (Wildman–Crippen LogP) is 2.37. The summed E-state index contributed by atoms with van der Waals surface area (Å²) in [5.74, 6) is 0.549. The number of nitrogens with zero attached hydrogens (tertiary/aromatic N) is 3. The first-order valence-corrected chi connectivity index (χ1v) is 5.85. The van der Waals surface area contributed by atoms with Gasteiger partial charge < -0.3 is 10.3 Å². The van der Waals surface area contributed by atoms with Crippen molar-refractivity contribution in [1.29, 1.82) is 0 Å². The summed E-state index contributed by atoms with van der Waals surface area (Å²) >= 11 is 0. The summed E-state index contributed by atoms with van der Waals surface area (Å²) in [5.41, 5.74) is 10.4. The van der Waals surface area contributed by atoms with Gasteiger partial charge in [0.2, 0.25) is 5.95 Å². The van der Waals surface area contributed by atoms with Crippen LogP contribution in [-0.2, 0) is 6.54 Å². The molecule has 2 N–H and O–H groups in total. The van der Waals surface area contributed by atoms with Crippen LogP contribution in [0.3, 0.4) is 0 Å². The highest BCUT2D eigenvalue weighted by atomic mass is 15.1. The lowest BCUT2D eigenvalue weighted by atomic mass is 10.2. The van der Waals surface area contributed by atoms with Gasteiger partial charge in [-0.2, -0.15) is 0 Å². The zero-order valence-corrected chi connectivity index (χ0v) is 10.2. The van der Waals surface area contributed by atoms with Crippen LogP contribution >= 0.6 is 0 Å². The maximum absolute atomic E-state index is 5.99. The second-order valence-electron chi connectivity index (χ2n) is 4.40. The molecule has 18 heavy (non-hydrogen) atoms. The molecule has 0 spiro atoms. The number of aromatic nitrogens is 3. The zero-order valence-electron chi connectivity index (χ0n) is 10.2. The molecule has 0 saturated carbocycles. The Morgan fingerprint density at radius 1 is 1.17 bits per heavy atom. The number of aryl methyl sites for hydroxylation is 1. The van der Waals surface area contributed by atoms with Crippen molar-refractivity contribution < 1.29 is 0 Å². The minimum atomic E-state index is 0.549. The number of fused-ring (bicyclic) bond motifs is 1. The lowest BCUT2D eigenvalue weighted by Crippen LogP contribution is -2.04. The molecule has 4 heteroatoms. The number of benzene rings is 1. The summed E-state index contributed by atoms with van der Waals surface area (Å²) < 4.78 is 2.02. The Morgan fingerprint density at radius 2 is 1.94 bits per heavy atom. The van der Waals surface area contributed by atoms with Crippen molar-refractivity contribution in [3.05, 3.63) is 53.9 Å². The zero-order chi connectivity index (χ0) is 12.5. The van der Waals surface area contributed by atoms with E-state index in [9.17, 15) is 0 Å². The molecule has 0 fully saturated rings. The third kappa shape index (κ3) is 1.82. The SMILES string of the molecule is Cc1ccc2c(c1)nc(N)n2Cc1ccncc1. The van der Waals surface area contributed by atoms with E-state index in [2.05, 4.69) is 35.1 Å². The van der Waals surface area contributed by atoms with Gasteiger partial charge >= 0.3 is 0 Å². The normalized spacial score (nSPS) is 10.9. The highest BCUT2D eigenvalue weighted by molar-refractivity contribution is 5.79. The summed E-state index contributed by atoms with van der Waals surface area (Å²) in [7, 11) is 0. The molecule has 0 atom stereocenters. The minimum absolute atomic E-state index is 0.549. The molecule has 0 bridgehead atoms. The molecule has 2 aromatic heterocycles. The summed E-state index contributed by atoms with van der Waals surface area (Å²) in [6.45, 7) is 2.77. The van der Waals surface area contributed by atoms with Gasteiger partial charge in [-0.15, -0.1) is 0 Å². The number of hydrogen-bond donors (Lipinski definition) is 1. The first-order chi connectivity index (χ1) is 8.74. The maximum Gasteiger partial charge on any atom is 0.201 e. The average Bonchev–Trinajstić information content (AvgIpc) is 2.66. The number of imidazole rings is 1. The quantitative estimate of drug-likeness (QED) is 0.745. The number of anilines is 1. The maximum atomic E-state index is 5.99. The Labute approximate surface area is 105 Å². The van der Waals surface area contributed by atoms with Gasteiger partial charge in [0, 0.05) is 12.4 Å². The Balaban J connectivity index is 2.09. The number of pyridine rings is 1. The van der Waals surface area contributed by atoms with Crippen molar-refractivity contribution >= 4 is 17.0 Å². The Hall–Kier alpha value is -2.36. The highest BCUT2D eigenvalue weighted by Crippen LogP contribution is 2.20. The lowest BCUT2D eigenvalue weighted by Gasteiger charge is -2.06. The van der Waals surface area contributed by atoms with Crippen LogP contribution in [0.1, 0.15) is 11.1 Å². The number of nitrogen functional groups attached to an aromatic ring is 1. The van der Waals surface area contributed by atoms with Gasteiger partial charge in [0.25, 0.3) is 0 Å². The van der Waals surface area contributed by atoms with E-state index in [0.29, 0.717) is 12.5 Å². The van der Waals surface area contributed by atoms with E-state index in [1.807, 2.05) is 16.7 Å². The van der Waals surface area contributed by atoms with E-state index in [4.69, 9.17) is 5.73 Å². The lowest BCUT2D eigenvalue weighted by molar-refractivity contribution is 0.836. The van der Waals surface area contributed by atoms with Gasteiger partial charge in [0.05, 0.1) is 17.6 Å². The molecule has 90 valence electrons. The van der Waals surface area contributed by atoms with Crippen molar-refractivity contribution in [1.82, 2.24) is 14.5 Å². The summed E-state index contributed by atoms with van der Waals surface area (Å²) in [6.07, 6.45) is 3.57. The topological polar surface area (TPSA) is 56.7 Å². The molecule has 0 saturated heterocycles. The van der Waals surface area contributed by atoms with Crippen LogP contribution in [0.25, 0.3) is 11.0 Å². The van der Waals surface area contributed by atoms with E-state index in [0.717, 1.165) is 16.6 Å². The van der Waals surface area contributed by atoms with Crippen LogP contribution in [0, 0.1) is 6.92 Å². The molecule has 0 unspecified atom stereocenters. The molecular formula is C14H14N4. The first kappa shape index (κ1) is 10.8.